The van der Waals surface area contributed by atoms with E-state index in [0.717, 1.165) is 16.7 Å². The fourth-order valence-electron chi connectivity index (χ4n) is 1.45. The van der Waals surface area contributed by atoms with Gasteiger partial charge in [0.25, 0.3) is 5.91 Å². The van der Waals surface area contributed by atoms with Crippen LogP contribution in [0.2, 0.25) is 0 Å². The molecular formula is C14H16N2O. The highest BCUT2D eigenvalue weighted by atomic mass is 16.2. The quantitative estimate of drug-likeness (QED) is 0.576. The molecule has 88 valence electrons. The van der Waals surface area contributed by atoms with Crippen molar-refractivity contribution in [1.82, 2.24) is 4.90 Å². The van der Waals surface area contributed by atoms with Gasteiger partial charge in [-0.05, 0) is 31.1 Å². The van der Waals surface area contributed by atoms with Crippen LogP contribution in [0.3, 0.4) is 0 Å². The molecule has 3 nitrogen and oxygen atoms in total. The lowest BCUT2D eigenvalue weighted by Crippen LogP contribution is -2.22. The molecule has 0 spiro atoms. The van der Waals surface area contributed by atoms with Crippen molar-refractivity contribution in [2.24, 2.45) is 0 Å². The Kier molecular flexibility index (Phi) is 4.06. The average molecular weight is 228 g/mol. The summed E-state index contributed by atoms with van der Waals surface area (Å²) in [6, 6.07) is 7.90. The van der Waals surface area contributed by atoms with E-state index in [4.69, 9.17) is 5.26 Å². The number of rotatable bonds is 2. The first-order chi connectivity index (χ1) is 7.95. The number of hydrogen-bond donors (Lipinski definition) is 0. The Hall–Kier alpha value is -2.08. The van der Waals surface area contributed by atoms with Gasteiger partial charge in [-0.25, -0.2) is 0 Å². The van der Waals surface area contributed by atoms with Gasteiger partial charge in [0, 0.05) is 14.1 Å². The summed E-state index contributed by atoms with van der Waals surface area (Å²) in [6.45, 7) is 3.94. The van der Waals surface area contributed by atoms with Gasteiger partial charge in [-0.2, -0.15) is 5.26 Å². The van der Waals surface area contributed by atoms with Crippen LogP contribution in [0, 0.1) is 25.2 Å². The highest BCUT2D eigenvalue weighted by Gasteiger charge is 2.11. The molecule has 17 heavy (non-hydrogen) atoms. The van der Waals surface area contributed by atoms with Gasteiger partial charge >= 0.3 is 0 Å². The third-order valence-corrected chi connectivity index (χ3v) is 2.49. The molecule has 0 fully saturated rings. The van der Waals surface area contributed by atoms with E-state index >= 15 is 0 Å². The van der Waals surface area contributed by atoms with Crippen LogP contribution in [-0.2, 0) is 4.79 Å². The molecule has 0 aliphatic heterocycles. The average Bonchev–Trinajstić information content (AvgIpc) is 2.29. The van der Waals surface area contributed by atoms with Crippen LogP contribution in [0.1, 0.15) is 16.7 Å². The van der Waals surface area contributed by atoms with E-state index in [9.17, 15) is 4.79 Å². The molecular weight excluding hydrogens is 212 g/mol. The lowest BCUT2D eigenvalue weighted by molar-refractivity contribution is -0.124. The van der Waals surface area contributed by atoms with E-state index < -0.39 is 0 Å². The van der Waals surface area contributed by atoms with Gasteiger partial charge in [-0.1, -0.05) is 23.8 Å². The van der Waals surface area contributed by atoms with Crippen LogP contribution in [0.4, 0.5) is 0 Å². The number of likely N-dealkylation sites (N-methyl/N-ethyl adjacent to an activating group) is 1. The first kappa shape index (κ1) is 13.0. The van der Waals surface area contributed by atoms with E-state index in [0.29, 0.717) is 0 Å². The zero-order chi connectivity index (χ0) is 13.0. The van der Waals surface area contributed by atoms with E-state index in [-0.39, 0.29) is 11.5 Å². The molecule has 3 heteroatoms. The van der Waals surface area contributed by atoms with Crippen LogP contribution < -0.4 is 0 Å². The van der Waals surface area contributed by atoms with E-state index in [2.05, 4.69) is 0 Å². The summed E-state index contributed by atoms with van der Waals surface area (Å²) in [5.41, 5.74) is 3.23. The summed E-state index contributed by atoms with van der Waals surface area (Å²) in [7, 11) is 3.27. The summed E-state index contributed by atoms with van der Waals surface area (Å²) in [5, 5.41) is 9.00. The summed E-state index contributed by atoms with van der Waals surface area (Å²) < 4.78 is 0. The van der Waals surface area contributed by atoms with Gasteiger partial charge in [0.1, 0.15) is 11.6 Å². The Labute approximate surface area is 102 Å². The van der Waals surface area contributed by atoms with Crippen molar-refractivity contribution in [3.8, 4) is 6.07 Å². The second-order valence-electron chi connectivity index (χ2n) is 4.23. The summed E-state index contributed by atoms with van der Waals surface area (Å²) in [4.78, 5) is 13.1. The van der Waals surface area contributed by atoms with Gasteiger partial charge in [0.15, 0.2) is 0 Å². The number of benzene rings is 1. The highest BCUT2D eigenvalue weighted by molar-refractivity contribution is 6.01. The van der Waals surface area contributed by atoms with Crippen molar-refractivity contribution in [2.75, 3.05) is 14.1 Å². The molecule has 0 saturated heterocycles. The number of carbonyl (C=O) groups is 1. The van der Waals surface area contributed by atoms with Crippen molar-refractivity contribution in [1.29, 1.82) is 5.26 Å². The Morgan fingerprint density at radius 1 is 1.35 bits per heavy atom. The molecule has 0 heterocycles. The molecule has 1 amide bonds. The van der Waals surface area contributed by atoms with Crippen molar-refractivity contribution in [3.63, 3.8) is 0 Å². The molecule has 1 aromatic carbocycles. The van der Waals surface area contributed by atoms with Gasteiger partial charge in [-0.3, -0.25) is 4.79 Å². The van der Waals surface area contributed by atoms with E-state index in [1.807, 2.05) is 38.1 Å². The highest BCUT2D eigenvalue weighted by Crippen LogP contribution is 2.15. The standard InChI is InChI=1S/C14H16N2O/c1-10-5-6-11(2)12(7-10)8-13(9-15)14(17)16(3)4/h5-8H,1-4H3/b13-8+. The minimum absolute atomic E-state index is 0.156. The number of nitrogens with zero attached hydrogens (tertiary/aromatic N) is 2. The maximum absolute atomic E-state index is 11.7. The van der Waals surface area contributed by atoms with Crippen LogP contribution >= 0.6 is 0 Å². The van der Waals surface area contributed by atoms with Crippen LogP contribution in [0.15, 0.2) is 23.8 Å². The van der Waals surface area contributed by atoms with Crippen LogP contribution in [0.25, 0.3) is 6.08 Å². The second kappa shape index (κ2) is 5.31. The number of aryl methyl sites for hydroxylation is 2. The molecule has 0 aliphatic carbocycles. The molecule has 1 aromatic rings. The predicted molar refractivity (Wildman–Crippen MR) is 68.2 cm³/mol. The fourth-order valence-corrected chi connectivity index (χ4v) is 1.45. The summed E-state index contributed by atoms with van der Waals surface area (Å²) in [5.74, 6) is -0.270. The third kappa shape index (κ3) is 3.18. The van der Waals surface area contributed by atoms with Crippen LogP contribution in [-0.4, -0.2) is 24.9 Å². The molecule has 0 unspecified atom stereocenters. The van der Waals surface area contributed by atoms with Gasteiger partial charge < -0.3 is 4.90 Å². The molecule has 0 atom stereocenters. The van der Waals surface area contributed by atoms with E-state index in [1.165, 1.54) is 4.90 Å². The smallest absolute Gasteiger partial charge is 0.264 e. The zero-order valence-corrected chi connectivity index (χ0v) is 10.6. The first-order valence-electron chi connectivity index (χ1n) is 5.36. The number of carbonyl (C=O) groups excluding carboxylic acids is 1. The van der Waals surface area contributed by atoms with Gasteiger partial charge in [0.2, 0.25) is 0 Å². The SMILES string of the molecule is Cc1ccc(C)c(/C=C(\C#N)C(=O)N(C)C)c1. The Morgan fingerprint density at radius 2 is 2.00 bits per heavy atom. The lowest BCUT2D eigenvalue weighted by atomic mass is 10.0. The maximum Gasteiger partial charge on any atom is 0.264 e. The first-order valence-corrected chi connectivity index (χ1v) is 5.36. The zero-order valence-electron chi connectivity index (χ0n) is 10.6. The molecule has 0 aliphatic rings. The minimum atomic E-state index is -0.270. The Balaban J connectivity index is 3.20. The molecule has 1 rings (SSSR count). The van der Waals surface area contributed by atoms with Gasteiger partial charge in [0.05, 0.1) is 0 Å². The number of hydrogen-bond acceptors (Lipinski definition) is 2. The van der Waals surface area contributed by atoms with Crippen molar-refractivity contribution >= 4 is 12.0 Å². The minimum Gasteiger partial charge on any atom is -0.344 e. The van der Waals surface area contributed by atoms with Crippen molar-refractivity contribution < 1.29 is 4.79 Å². The predicted octanol–water partition coefficient (Wildman–Crippen LogP) is 2.30. The molecule has 0 saturated carbocycles. The second-order valence-corrected chi connectivity index (χ2v) is 4.23. The summed E-state index contributed by atoms with van der Waals surface area (Å²) >= 11 is 0. The third-order valence-electron chi connectivity index (χ3n) is 2.49. The monoisotopic (exact) mass is 228 g/mol. The van der Waals surface area contributed by atoms with Crippen molar-refractivity contribution in [3.05, 3.63) is 40.5 Å². The number of amides is 1. The normalized spacial score (nSPS) is 10.9. The molecule has 0 N–H and O–H groups in total. The van der Waals surface area contributed by atoms with Crippen molar-refractivity contribution in [2.45, 2.75) is 13.8 Å². The molecule has 0 radical (unpaired) electrons. The molecule has 0 aromatic heterocycles. The largest absolute Gasteiger partial charge is 0.344 e. The topological polar surface area (TPSA) is 44.1 Å². The van der Waals surface area contributed by atoms with E-state index in [1.54, 1.807) is 20.2 Å². The Morgan fingerprint density at radius 3 is 2.53 bits per heavy atom. The fraction of sp³-hybridized carbons (Fsp3) is 0.286. The number of nitriles is 1. The lowest BCUT2D eigenvalue weighted by Gasteiger charge is -2.09. The molecule has 0 bridgehead atoms. The Bertz CT molecular complexity index is 507. The maximum atomic E-state index is 11.7. The van der Waals surface area contributed by atoms with Crippen LogP contribution in [0.5, 0.6) is 0 Å². The van der Waals surface area contributed by atoms with Gasteiger partial charge in [-0.15, -0.1) is 0 Å². The summed E-state index contributed by atoms with van der Waals surface area (Å²) in [6.07, 6.45) is 1.64.